The molecule has 2 amide bonds. The number of carbonyl (C=O) groups excluding carboxylic acids is 2. The van der Waals surface area contributed by atoms with Crippen LogP contribution in [0.2, 0.25) is 0 Å². The van der Waals surface area contributed by atoms with E-state index in [1.165, 1.54) is 4.90 Å². The van der Waals surface area contributed by atoms with Crippen LogP contribution >= 0.6 is 15.9 Å². The number of aryl methyl sites for hydroxylation is 2. The van der Waals surface area contributed by atoms with Gasteiger partial charge in [-0.15, -0.1) is 0 Å². The van der Waals surface area contributed by atoms with Crippen molar-refractivity contribution in [2.24, 2.45) is 0 Å². The van der Waals surface area contributed by atoms with E-state index in [-0.39, 0.29) is 23.8 Å². The average molecular weight is 691 g/mol. The van der Waals surface area contributed by atoms with Crippen LogP contribution in [-0.2, 0) is 32.6 Å². The summed E-state index contributed by atoms with van der Waals surface area (Å²) in [5, 5.41) is 3.05. The predicted octanol–water partition coefficient (Wildman–Crippen LogP) is 6.82. The molecule has 0 fully saturated rings. The van der Waals surface area contributed by atoms with E-state index in [9.17, 15) is 18.0 Å². The molecule has 0 radical (unpaired) electrons. The van der Waals surface area contributed by atoms with Crippen molar-refractivity contribution < 1.29 is 18.0 Å². The van der Waals surface area contributed by atoms with E-state index in [2.05, 4.69) is 21.2 Å². The number of nitrogens with one attached hydrogen (secondary N) is 1. The SMILES string of the molecule is Cc1ccc(N(CC(=O)N(Cc2ccc(Br)cc2)[C@H](Cc2ccccc2)C(=O)NC(C)(C)C)S(=O)(=O)c2ccc(C)cc2)cc1. The van der Waals surface area contributed by atoms with E-state index in [0.717, 1.165) is 31.0 Å². The second kappa shape index (κ2) is 14.4. The molecule has 0 bridgehead atoms. The average Bonchev–Trinajstić information content (AvgIpc) is 2.99. The summed E-state index contributed by atoms with van der Waals surface area (Å²) >= 11 is 3.46. The second-order valence-corrected chi connectivity index (χ2v) is 15.0. The largest absolute Gasteiger partial charge is 0.350 e. The lowest BCUT2D eigenvalue weighted by Gasteiger charge is -2.35. The number of sulfonamides is 1. The van der Waals surface area contributed by atoms with Gasteiger partial charge in [0.25, 0.3) is 10.0 Å². The first-order valence-electron chi connectivity index (χ1n) is 14.8. The molecule has 4 aromatic carbocycles. The number of carbonyl (C=O) groups is 2. The number of benzene rings is 4. The Kier molecular flexibility index (Phi) is 10.9. The molecule has 45 heavy (non-hydrogen) atoms. The van der Waals surface area contributed by atoms with Crippen molar-refractivity contribution in [2.45, 2.75) is 64.1 Å². The maximum atomic E-state index is 14.5. The Hall–Kier alpha value is -3.95. The van der Waals surface area contributed by atoms with Crippen molar-refractivity contribution in [1.29, 1.82) is 0 Å². The molecule has 4 aromatic rings. The minimum absolute atomic E-state index is 0.0762. The van der Waals surface area contributed by atoms with Gasteiger partial charge in [0.1, 0.15) is 12.6 Å². The highest BCUT2D eigenvalue weighted by atomic mass is 79.9. The maximum Gasteiger partial charge on any atom is 0.264 e. The Bertz CT molecular complexity index is 1700. The van der Waals surface area contributed by atoms with Crippen LogP contribution < -0.4 is 9.62 Å². The summed E-state index contributed by atoms with van der Waals surface area (Å²) in [7, 11) is -4.15. The Morgan fingerprint density at radius 2 is 1.33 bits per heavy atom. The quantitative estimate of drug-likeness (QED) is 0.187. The van der Waals surface area contributed by atoms with E-state index >= 15 is 0 Å². The van der Waals surface area contributed by atoms with Crippen LogP contribution in [0.5, 0.6) is 0 Å². The van der Waals surface area contributed by atoms with Gasteiger partial charge in [-0.05, 0) is 82.1 Å². The topological polar surface area (TPSA) is 86.8 Å². The van der Waals surface area contributed by atoms with Gasteiger partial charge in [-0.2, -0.15) is 0 Å². The summed E-state index contributed by atoms with van der Waals surface area (Å²) in [4.78, 5) is 30.1. The molecule has 0 heterocycles. The molecule has 0 aliphatic rings. The molecule has 4 rings (SSSR count). The standard InChI is InChI=1S/C36H40BrN3O4S/c1-26-11-19-31(20-12-26)40(45(43,44)32-21-13-27(2)14-22-32)25-34(41)39(24-29-15-17-30(37)18-16-29)33(35(42)38-36(3,4)5)23-28-9-7-6-8-10-28/h6-22,33H,23-25H2,1-5H3,(H,38,42)/t33-/m1/s1. The molecule has 1 atom stereocenters. The molecule has 0 aliphatic heterocycles. The van der Waals surface area contributed by atoms with Crippen LogP contribution in [-0.4, -0.2) is 43.3 Å². The molecular weight excluding hydrogens is 650 g/mol. The number of rotatable bonds is 11. The predicted molar refractivity (Wildman–Crippen MR) is 183 cm³/mol. The van der Waals surface area contributed by atoms with Crippen molar-refractivity contribution in [3.05, 3.63) is 130 Å². The molecule has 0 unspecified atom stereocenters. The van der Waals surface area contributed by atoms with Gasteiger partial charge >= 0.3 is 0 Å². The fraction of sp³-hybridized carbons (Fsp3) is 0.278. The highest BCUT2D eigenvalue weighted by Gasteiger charge is 2.35. The Morgan fingerprint density at radius 1 is 0.778 bits per heavy atom. The third-order valence-electron chi connectivity index (χ3n) is 7.25. The number of hydrogen-bond acceptors (Lipinski definition) is 4. The van der Waals surface area contributed by atoms with Gasteiger partial charge in [0.15, 0.2) is 0 Å². The molecule has 0 aromatic heterocycles. The van der Waals surface area contributed by atoms with Crippen LogP contribution in [0.4, 0.5) is 5.69 Å². The maximum absolute atomic E-state index is 14.5. The molecular formula is C36H40BrN3O4S. The molecule has 9 heteroatoms. The van der Waals surface area contributed by atoms with Gasteiger partial charge in [0.05, 0.1) is 10.6 Å². The minimum Gasteiger partial charge on any atom is -0.350 e. The van der Waals surface area contributed by atoms with Crippen LogP contribution in [0.1, 0.15) is 43.0 Å². The van der Waals surface area contributed by atoms with E-state index < -0.39 is 34.1 Å². The highest BCUT2D eigenvalue weighted by Crippen LogP contribution is 2.26. The van der Waals surface area contributed by atoms with E-state index in [1.807, 2.05) is 101 Å². The summed E-state index contributed by atoms with van der Waals surface area (Å²) in [6.07, 6.45) is 0.250. The number of hydrogen-bond donors (Lipinski definition) is 1. The zero-order valence-electron chi connectivity index (χ0n) is 26.3. The summed E-state index contributed by atoms with van der Waals surface area (Å²) in [5.41, 5.74) is 3.36. The first kappa shape index (κ1) is 33.9. The number of amides is 2. The molecule has 0 aliphatic carbocycles. The summed E-state index contributed by atoms with van der Waals surface area (Å²) in [5.74, 6) is -0.820. The zero-order chi connectivity index (χ0) is 32.8. The smallest absolute Gasteiger partial charge is 0.264 e. The van der Waals surface area contributed by atoms with Crippen molar-refractivity contribution in [1.82, 2.24) is 10.2 Å². The molecule has 0 saturated heterocycles. The van der Waals surface area contributed by atoms with Gasteiger partial charge in [0, 0.05) is 23.0 Å². The molecule has 0 saturated carbocycles. The lowest BCUT2D eigenvalue weighted by Crippen LogP contribution is -2.56. The van der Waals surface area contributed by atoms with E-state index in [4.69, 9.17) is 0 Å². The normalized spacial score (nSPS) is 12.3. The molecule has 7 nitrogen and oxygen atoms in total. The highest BCUT2D eigenvalue weighted by molar-refractivity contribution is 9.10. The first-order valence-corrected chi connectivity index (χ1v) is 17.0. The Morgan fingerprint density at radius 3 is 1.89 bits per heavy atom. The van der Waals surface area contributed by atoms with Gasteiger partial charge in [0.2, 0.25) is 11.8 Å². The summed E-state index contributed by atoms with van der Waals surface area (Å²) in [6.45, 7) is 9.07. The number of anilines is 1. The summed E-state index contributed by atoms with van der Waals surface area (Å²) in [6, 6.07) is 29.7. The van der Waals surface area contributed by atoms with Gasteiger partial charge < -0.3 is 10.2 Å². The van der Waals surface area contributed by atoms with E-state index in [1.54, 1.807) is 36.4 Å². The van der Waals surface area contributed by atoms with Gasteiger partial charge in [-0.1, -0.05) is 93.8 Å². The van der Waals surface area contributed by atoms with Crippen LogP contribution in [0.15, 0.2) is 112 Å². The van der Waals surface area contributed by atoms with Crippen molar-refractivity contribution in [2.75, 3.05) is 10.8 Å². The lowest BCUT2D eigenvalue weighted by molar-refractivity contribution is -0.140. The number of nitrogens with zero attached hydrogens (tertiary/aromatic N) is 2. The van der Waals surface area contributed by atoms with Crippen LogP contribution in [0.3, 0.4) is 0 Å². The van der Waals surface area contributed by atoms with Crippen molar-refractivity contribution >= 4 is 43.5 Å². The lowest BCUT2D eigenvalue weighted by atomic mass is 10.0. The molecule has 0 spiro atoms. The Balaban J connectivity index is 1.81. The van der Waals surface area contributed by atoms with Crippen molar-refractivity contribution in [3.8, 4) is 0 Å². The monoisotopic (exact) mass is 689 g/mol. The van der Waals surface area contributed by atoms with Gasteiger partial charge in [-0.3, -0.25) is 13.9 Å². The Labute approximate surface area is 275 Å². The zero-order valence-corrected chi connectivity index (χ0v) is 28.7. The first-order chi connectivity index (χ1) is 21.2. The minimum atomic E-state index is -4.15. The fourth-order valence-electron chi connectivity index (χ4n) is 4.87. The summed E-state index contributed by atoms with van der Waals surface area (Å²) < 4.78 is 30.3. The third kappa shape index (κ3) is 9.28. The van der Waals surface area contributed by atoms with Gasteiger partial charge in [-0.25, -0.2) is 8.42 Å². The second-order valence-electron chi connectivity index (χ2n) is 12.3. The molecule has 236 valence electrons. The fourth-order valence-corrected chi connectivity index (χ4v) is 6.55. The van der Waals surface area contributed by atoms with Crippen LogP contribution in [0, 0.1) is 13.8 Å². The van der Waals surface area contributed by atoms with Crippen LogP contribution in [0.25, 0.3) is 0 Å². The number of halogens is 1. The van der Waals surface area contributed by atoms with E-state index in [0.29, 0.717) is 5.69 Å². The van der Waals surface area contributed by atoms with Crippen molar-refractivity contribution in [3.63, 3.8) is 0 Å². The third-order valence-corrected chi connectivity index (χ3v) is 9.56. The molecule has 1 N–H and O–H groups in total.